The van der Waals surface area contributed by atoms with Gasteiger partial charge in [0.1, 0.15) is 0 Å². The molecule has 0 aromatic heterocycles. The van der Waals surface area contributed by atoms with Crippen molar-refractivity contribution in [2.24, 2.45) is 5.73 Å². The van der Waals surface area contributed by atoms with E-state index in [1.54, 1.807) is 11.9 Å². The zero-order valence-electron chi connectivity index (χ0n) is 10.4. The van der Waals surface area contributed by atoms with Crippen molar-refractivity contribution >= 4 is 17.5 Å². The lowest BCUT2D eigenvalue weighted by atomic mass is 10.1. The molecule has 0 aliphatic carbocycles. The topological polar surface area (TPSA) is 75.4 Å². The first-order valence-electron chi connectivity index (χ1n) is 5.96. The van der Waals surface area contributed by atoms with Crippen LogP contribution >= 0.6 is 0 Å². The van der Waals surface area contributed by atoms with E-state index in [1.165, 1.54) is 0 Å². The van der Waals surface area contributed by atoms with E-state index >= 15 is 0 Å². The van der Waals surface area contributed by atoms with Crippen LogP contribution in [0, 0.1) is 0 Å². The number of rotatable bonds is 4. The molecule has 1 aromatic rings. The van der Waals surface area contributed by atoms with Gasteiger partial charge in [-0.2, -0.15) is 0 Å². The van der Waals surface area contributed by atoms with Gasteiger partial charge >= 0.3 is 0 Å². The molecule has 2 rings (SSSR count). The zero-order chi connectivity index (χ0) is 13.1. The second-order valence-electron chi connectivity index (χ2n) is 4.50. The van der Waals surface area contributed by atoms with Crippen LogP contribution in [0.2, 0.25) is 0 Å². The Kier molecular flexibility index (Phi) is 3.62. The number of nitrogens with two attached hydrogens (primary N) is 1. The van der Waals surface area contributed by atoms with Crippen LogP contribution in [-0.2, 0) is 22.6 Å². The SMILES string of the molecule is CN(Cc1ccc2c(c1)CC(=O)N2)C(=O)CCN. The minimum Gasteiger partial charge on any atom is -0.341 e. The molecule has 1 aromatic carbocycles. The monoisotopic (exact) mass is 247 g/mol. The fraction of sp³-hybridized carbons (Fsp3) is 0.385. The highest BCUT2D eigenvalue weighted by Crippen LogP contribution is 2.24. The number of hydrogen-bond donors (Lipinski definition) is 2. The molecule has 0 radical (unpaired) electrons. The molecule has 5 heteroatoms. The quantitative estimate of drug-likeness (QED) is 0.813. The molecule has 1 aliphatic heterocycles. The van der Waals surface area contributed by atoms with Crippen LogP contribution in [-0.4, -0.2) is 30.3 Å². The smallest absolute Gasteiger partial charge is 0.228 e. The summed E-state index contributed by atoms with van der Waals surface area (Å²) in [4.78, 5) is 24.5. The molecule has 2 amide bonds. The molecule has 0 atom stereocenters. The Hall–Kier alpha value is -1.88. The standard InChI is InChI=1S/C13H17N3O2/c1-16(13(18)4-5-14)8-9-2-3-11-10(6-9)7-12(17)15-11/h2-3,6H,4-5,7-8,14H2,1H3,(H,15,17). The van der Waals surface area contributed by atoms with Crippen molar-refractivity contribution in [2.45, 2.75) is 19.4 Å². The number of carbonyl (C=O) groups is 2. The van der Waals surface area contributed by atoms with Gasteiger partial charge in [0.25, 0.3) is 0 Å². The Balaban J connectivity index is 2.05. The van der Waals surface area contributed by atoms with Crippen molar-refractivity contribution < 1.29 is 9.59 Å². The normalized spacial score (nSPS) is 13.1. The summed E-state index contributed by atoms with van der Waals surface area (Å²) in [6, 6.07) is 5.78. The van der Waals surface area contributed by atoms with Gasteiger partial charge in [0.15, 0.2) is 0 Å². The van der Waals surface area contributed by atoms with Crippen LogP contribution in [0.4, 0.5) is 5.69 Å². The van der Waals surface area contributed by atoms with E-state index in [-0.39, 0.29) is 11.8 Å². The van der Waals surface area contributed by atoms with E-state index in [9.17, 15) is 9.59 Å². The van der Waals surface area contributed by atoms with Crippen LogP contribution in [0.3, 0.4) is 0 Å². The van der Waals surface area contributed by atoms with Crippen molar-refractivity contribution in [2.75, 3.05) is 18.9 Å². The van der Waals surface area contributed by atoms with Crippen molar-refractivity contribution in [3.8, 4) is 0 Å². The van der Waals surface area contributed by atoms with Crippen LogP contribution in [0.5, 0.6) is 0 Å². The van der Waals surface area contributed by atoms with Gasteiger partial charge in [-0.05, 0) is 17.2 Å². The van der Waals surface area contributed by atoms with E-state index in [4.69, 9.17) is 5.73 Å². The first kappa shape index (κ1) is 12.6. The number of carbonyl (C=O) groups excluding carboxylic acids is 2. The number of hydrogen-bond acceptors (Lipinski definition) is 3. The highest BCUT2D eigenvalue weighted by atomic mass is 16.2. The molecular weight excluding hydrogens is 230 g/mol. The third-order valence-electron chi connectivity index (χ3n) is 3.00. The molecule has 0 bridgehead atoms. The average Bonchev–Trinajstić information content (AvgIpc) is 2.68. The van der Waals surface area contributed by atoms with E-state index in [0.717, 1.165) is 16.8 Å². The maximum Gasteiger partial charge on any atom is 0.228 e. The Morgan fingerprint density at radius 1 is 1.50 bits per heavy atom. The molecule has 18 heavy (non-hydrogen) atoms. The minimum absolute atomic E-state index is 0.0229. The highest BCUT2D eigenvalue weighted by molar-refractivity contribution is 5.99. The molecule has 1 aliphatic rings. The maximum absolute atomic E-state index is 11.6. The molecule has 0 spiro atoms. The molecule has 0 unspecified atom stereocenters. The van der Waals surface area contributed by atoms with Crippen molar-refractivity contribution in [3.63, 3.8) is 0 Å². The van der Waals surface area contributed by atoms with Crippen LogP contribution in [0.1, 0.15) is 17.5 Å². The predicted octanol–water partition coefficient (Wildman–Crippen LogP) is 0.488. The number of nitrogens with one attached hydrogen (secondary N) is 1. The first-order valence-corrected chi connectivity index (χ1v) is 5.96. The summed E-state index contributed by atoms with van der Waals surface area (Å²) in [5.74, 6) is 0.0573. The van der Waals surface area contributed by atoms with Gasteiger partial charge < -0.3 is 16.0 Å². The van der Waals surface area contributed by atoms with Crippen molar-refractivity contribution in [1.29, 1.82) is 0 Å². The van der Waals surface area contributed by atoms with Gasteiger partial charge in [0.05, 0.1) is 6.42 Å². The van der Waals surface area contributed by atoms with Crippen molar-refractivity contribution in [3.05, 3.63) is 29.3 Å². The molecule has 5 nitrogen and oxygen atoms in total. The van der Waals surface area contributed by atoms with Crippen LogP contribution in [0.25, 0.3) is 0 Å². The second kappa shape index (κ2) is 5.18. The van der Waals surface area contributed by atoms with Gasteiger partial charge in [-0.3, -0.25) is 9.59 Å². The maximum atomic E-state index is 11.6. The third-order valence-corrected chi connectivity index (χ3v) is 3.00. The molecule has 0 saturated heterocycles. The number of fused-ring (bicyclic) bond motifs is 1. The highest BCUT2D eigenvalue weighted by Gasteiger charge is 2.18. The second-order valence-corrected chi connectivity index (χ2v) is 4.50. The van der Waals surface area contributed by atoms with Crippen molar-refractivity contribution in [1.82, 2.24) is 4.90 Å². The molecule has 0 fully saturated rings. The van der Waals surface area contributed by atoms with Gasteiger partial charge in [0.2, 0.25) is 11.8 Å². The Bertz CT molecular complexity index is 485. The summed E-state index contributed by atoms with van der Waals surface area (Å²) in [6.07, 6.45) is 0.783. The van der Waals surface area contributed by atoms with E-state index in [0.29, 0.717) is 25.9 Å². The van der Waals surface area contributed by atoms with Gasteiger partial charge in [0, 0.05) is 32.2 Å². The summed E-state index contributed by atoms with van der Waals surface area (Å²) in [5.41, 5.74) is 8.25. The molecule has 0 saturated carbocycles. The zero-order valence-corrected chi connectivity index (χ0v) is 10.4. The summed E-state index contributed by atoms with van der Waals surface area (Å²) in [6.45, 7) is 0.909. The molecule has 96 valence electrons. The Labute approximate surface area is 106 Å². The van der Waals surface area contributed by atoms with Gasteiger partial charge in [-0.1, -0.05) is 12.1 Å². The summed E-state index contributed by atoms with van der Waals surface area (Å²) in [7, 11) is 1.76. The lowest BCUT2D eigenvalue weighted by Gasteiger charge is -2.17. The molecule has 1 heterocycles. The van der Waals surface area contributed by atoms with E-state index in [2.05, 4.69) is 5.32 Å². The fourth-order valence-corrected chi connectivity index (χ4v) is 2.06. The number of amides is 2. The lowest BCUT2D eigenvalue weighted by molar-refractivity contribution is -0.130. The predicted molar refractivity (Wildman–Crippen MR) is 68.9 cm³/mol. The summed E-state index contributed by atoms with van der Waals surface area (Å²) < 4.78 is 0. The Morgan fingerprint density at radius 3 is 3.00 bits per heavy atom. The number of nitrogens with zero attached hydrogens (tertiary/aromatic N) is 1. The lowest BCUT2D eigenvalue weighted by Crippen LogP contribution is -2.27. The van der Waals surface area contributed by atoms with Gasteiger partial charge in [-0.15, -0.1) is 0 Å². The average molecular weight is 247 g/mol. The molecular formula is C13H17N3O2. The largest absolute Gasteiger partial charge is 0.341 e. The number of benzene rings is 1. The van der Waals surface area contributed by atoms with Gasteiger partial charge in [-0.25, -0.2) is 0 Å². The first-order chi connectivity index (χ1) is 8.60. The minimum atomic E-state index is 0.0229. The molecule has 3 N–H and O–H groups in total. The Morgan fingerprint density at radius 2 is 2.28 bits per heavy atom. The van der Waals surface area contributed by atoms with E-state index in [1.807, 2.05) is 18.2 Å². The fourth-order valence-electron chi connectivity index (χ4n) is 2.06. The third kappa shape index (κ3) is 2.68. The van der Waals surface area contributed by atoms with E-state index < -0.39 is 0 Å². The number of anilines is 1. The van der Waals surface area contributed by atoms with Crippen LogP contribution in [0.15, 0.2) is 18.2 Å². The van der Waals surface area contributed by atoms with Crippen LogP contribution < -0.4 is 11.1 Å². The summed E-state index contributed by atoms with van der Waals surface area (Å²) >= 11 is 0. The summed E-state index contributed by atoms with van der Waals surface area (Å²) in [5, 5.41) is 2.78.